The van der Waals surface area contributed by atoms with Gasteiger partial charge in [0.25, 0.3) is 0 Å². The highest BCUT2D eigenvalue weighted by Gasteiger charge is 2.08. The van der Waals surface area contributed by atoms with E-state index in [-0.39, 0.29) is 0 Å². The molecular formula is C16H19NS. The third-order valence-corrected chi connectivity index (χ3v) is 4.08. The molecule has 0 saturated heterocycles. The minimum absolute atomic E-state index is 0.474. The molecule has 0 saturated carbocycles. The van der Waals surface area contributed by atoms with Crippen LogP contribution in [0.4, 0.5) is 0 Å². The van der Waals surface area contributed by atoms with E-state index in [1.165, 1.54) is 10.5 Å². The summed E-state index contributed by atoms with van der Waals surface area (Å²) in [6.45, 7) is 0.722. The van der Waals surface area contributed by atoms with Crippen molar-refractivity contribution in [3.63, 3.8) is 0 Å². The third kappa shape index (κ3) is 3.90. The van der Waals surface area contributed by atoms with Crippen molar-refractivity contribution in [1.29, 1.82) is 0 Å². The standard InChI is InChI=1S/C16H19NS/c17-13-15(14-7-3-1-4-8-14)11-12-18-16-9-5-2-6-10-16/h1-10,15H,11-13,17H2. The van der Waals surface area contributed by atoms with Crippen LogP contribution in [0.15, 0.2) is 65.6 Å². The average molecular weight is 257 g/mol. The number of thioether (sulfide) groups is 1. The Kier molecular flexibility index (Phi) is 5.31. The molecular weight excluding hydrogens is 238 g/mol. The molecule has 0 amide bonds. The highest BCUT2D eigenvalue weighted by molar-refractivity contribution is 7.99. The zero-order valence-electron chi connectivity index (χ0n) is 10.5. The molecule has 2 aromatic rings. The number of hydrogen-bond donors (Lipinski definition) is 1. The monoisotopic (exact) mass is 257 g/mol. The molecule has 1 nitrogen and oxygen atoms in total. The summed E-state index contributed by atoms with van der Waals surface area (Å²) in [4.78, 5) is 1.33. The Balaban J connectivity index is 1.85. The summed E-state index contributed by atoms with van der Waals surface area (Å²) in [6, 6.07) is 21.1. The van der Waals surface area contributed by atoms with E-state index in [0.29, 0.717) is 5.92 Å². The fraction of sp³-hybridized carbons (Fsp3) is 0.250. The van der Waals surface area contributed by atoms with Gasteiger partial charge in [0.05, 0.1) is 0 Å². The first-order chi connectivity index (χ1) is 8.90. The third-order valence-electron chi connectivity index (χ3n) is 3.03. The summed E-state index contributed by atoms with van der Waals surface area (Å²) < 4.78 is 0. The first-order valence-corrected chi connectivity index (χ1v) is 7.31. The second-order valence-electron chi connectivity index (χ2n) is 4.29. The molecule has 0 spiro atoms. The van der Waals surface area contributed by atoms with Gasteiger partial charge in [0.2, 0.25) is 0 Å². The molecule has 0 aromatic heterocycles. The second-order valence-corrected chi connectivity index (χ2v) is 5.46. The Labute approximate surface area is 113 Å². The zero-order chi connectivity index (χ0) is 12.6. The molecule has 2 heteroatoms. The quantitative estimate of drug-likeness (QED) is 0.794. The normalized spacial score (nSPS) is 12.3. The summed E-state index contributed by atoms with van der Waals surface area (Å²) in [5, 5.41) is 0. The van der Waals surface area contributed by atoms with Gasteiger partial charge >= 0.3 is 0 Å². The van der Waals surface area contributed by atoms with Crippen molar-refractivity contribution < 1.29 is 0 Å². The van der Waals surface area contributed by atoms with Crippen molar-refractivity contribution in [3.05, 3.63) is 66.2 Å². The van der Waals surface area contributed by atoms with E-state index >= 15 is 0 Å². The minimum Gasteiger partial charge on any atom is -0.330 e. The smallest absolute Gasteiger partial charge is 0.00719 e. The summed E-state index contributed by atoms with van der Waals surface area (Å²) >= 11 is 1.90. The van der Waals surface area contributed by atoms with Gasteiger partial charge in [0.1, 0.15) is 0 Å². The van der Waals surface area contributed by atoms with Crippen LogP contribution >= 0.6 is 11.8 Å². The average Bonchev–Trinajstić information content (AvgIpc) is 2.46. The summed E-state index contributed by atoms with van der Waals surface area (Å²) in [6.07, 6.45) is 1.13. The molecule has 0 fully saturated rings. The van der Waals surface area contributed by atoms with Crippen LogP contribution < -0.4 is 5.73 Å². The highest BCUT2D eigenvalue weighted by Crippen LogP contribution is 2.24. The molecule has 0 bridgehead atoms. The van der Waals surface area contributed by atoms with E-state index in [1.807, 2.05) is 11.8 Å². The van der Waals surface area contributed by atoms with E-state index in [0.717, 1.165) is 18.7 Å². The molecule has 1 atom stereocenters. The Bertz CT molecular complexity index is 441. The van der Waals surface area contributed by atoms with Gasteiger partial charge in [-0.1, -0.05) is 48.5 Å². The van der Waals surface area contributed by atoms with Crippen LogP contribution in [0.25, 0.3) is 0 Å². The molecule has 0 radical (unpaired) electrons. The van der Waals surface area contributed by atoms with Gasteiger partial charge in [-0.3, -0.25) is 0 Å². The second kappa shape index (κ2) is 7.24. The molecule has 1 unspecified atom stereocenters. The first-order valence-electron chi connectivity index (χ1n) is 6.33. The van der Waals surface area contributed by atoms with E-state index in [2.05, 4.69) is 60.7 Å². The number of nitrogens with two attached hydrogens (primary N) is 1. The van der Waals surface area contributed by atoms with Crippen molar-refractivity contribution in [2.24, 2.45) is 5.73 Å². The maximum absolute atomic E-state index is 5.87. The molecule has 0 aliphatic rings. The van der Waals surface area contributed by atoms with Crippen LogP contribution in [0, 0.1) is 0 Å². The number of benzene rings is 2. The molecule has 0 aliphatic heterocycles. The maximum Gasteiger partial charge on any atom is 0.00719 e. The first kappa shape index (κ1) is 13.2. The number of rotatable bonds is 6. The Morgan fingerprint density at radius 2 is 1.50 bits per heavy atom. The molecule has 0 aliphatic carbocycles. The van der Waals surface area contributed by atoms with E-state index in [9.17, 15) is 0 Å². The predicted molar refractivity (Wildman–Crippen MR) is 80.0 cm³/mol. The van der Waals surface area contributed by atoms with Crippen LogP contribution in [0.5, 0.6) is 0 Å². The maximum atomic E-state index is 5.87. The van der Waals surface area contributed by atoms with E-state index in [1.54, 1.807) is 0 Å². The van der Waals surface area contributed by atoms with E-state index in [4.69, 9.17) is 5.73 Å². The lowest BCUT2D eigenvalue weighted by Crippen LogP contribution is -2.13. The topological polar surface area (TPSA) is 26.0 Å². The van der Waals surface area contributed by atoms with Crippen LogP contribution in [-0.4, -0.2) is 12.3 Å². The van der Waals surface area contributed by atoms with Crippen molar-refractivity contribution in [2.75, 3.05) is 12.3 Å². The largest absolute Gasteiger partial charge is 0.330 e. The lowest BCUT2D eigenvalue weighted by atomic mass is 9.97. The molecule has 2 rings (SSSR count). The zero-order valence-corrected chi connectivity index (χ0v) is 11.3. The van der Waals surface area contributed by atoms with E-state index < -0.39 is 0 Å². The molecule has 18 heavy (non-hydrogen) atoms. The van der Waals surface area contributed by atoms with Gasteiger partial charge in [-0.25, -0.2) is 0 Å². The minimum atomic E-state index is 0.474. The predicted octanol–water partition coefficient (Wildman–Crippen LogP) is 3.91. The van der Waals surface area contributed by atoms with Gasteiger partial charge in [0, 0.05) is 4.90 Å². The van der Waals surface area contributed by atoms with Crippen LogP contribution in [0.3, 0.4) is 0 Å². The summed E-state index contributed by atoms with van der Waals surface area (Å²) in [5.74, 6) is 1.59. The fourth-order valence-electron chi connectivity index (χ4n) is 1.98. The van der Waals surface area contributed by atoms with Gasteiger partial charge < -0.3 is 5.73 Å². The van der Waals surface area contributed by atoms with Crippen molar-refractivity contribution >= 4 is 11.8 Å². The van der Waals surface area contributed by atoms with Crippen molar-refractivity contribution in [2.45, 2.75) is 17.2 Å². The summed E-state index contributed by atoms with van der Waals surface area (Å²) in [7, 11) is 0. The molecule has 2 N–H and O–H groups in total. The molecule has 2 aromatic carbocycles. The highest BCUT2D eigenvalue weighted by atomic mass is 32.2. The molecule has 94 valence electrons. The lowest BCUT2D eigenvalue weighted by Gasteiger charge is -2.14. The Morgan fingerprint density at radius 1 is 0.889 bits per heavy atom. The van der Waals surface area contributed by atoms with Crippen LogP contribution in [-0.2, 0) is 0 Å². The van der Waals surface area contributed by atoms with Crippen LogP contribution in [0.2, 0.25) is 0 Å². The lowest BCUT2D eigenvalue weighted by molar-refractivity contribution is 0.680. The van der Waals surface area contributed by atoms with Gasteiger partial charge in [-0.2, -0.15) is 0 Å². The SMILES string of the molecule is NCC(CCSc1ccccc1)c1ccccc1. The van der Waals surface area contributed by atoms with Crippen LogP contribution in [0.1, 0.15) is 17.9 Å². The van der Waals surface area contributed by atoms with Crippen molar-refractivity contribution in [1.82, 2.24) is 0 Å². The van der Waals surface area contributed by atoms with Crippen molar-refractivity contribution in [3.8, 4) is 0 Å². The Hall–Kier alpha value is -1.25. The van der Waals surface area contributed by atoms with Gasteiger partial charge in [-0.15, -0.1) is 11.8 Å². The fourth-order valence-corrected chi connectivity index (χ4v) is 2.97. The number of hydrogen-bond acceptors (Lipinski definition) is 2. The van der Waals surface area contributed by atoms with Gasteiger partial charge in [-0.05, 0) is 42.3 Å². The molecule has 0 heterocycles. The Morgan fingerprint density at radius 3 is 2.11 bits per heavy atom. The van der Waals surface area contributed by atoms with Gasteiger partial charge in [0.15, 0.2) is 0 Å². The summed E-state index contributed by atoms with van der Waals surface area (Å²) in [5.41, 5.74) is 7.23.